The quantitative estimate of drug-likeness (QED) is 0.247. The van der Waals surface area contributed by atoms with Crippen molar-refractivity contribution in [3.8, 4) is 0 Å². The lowest BCUT2D eigenvalue weighted by Gasteiger charge is -2.55. The monoisotopic (exact) mass is 420 g/mol. The molecule has 0 saturated heterocycles. The second-order valence-corrected chi connectivity index (χ2v) is 10.6. The van der Waals surface area contributed by atoms with Crippen LogP contribution in [0.2, 0.25) is 0 Å². The van der Waals surface area contributed by atoms with E-state index in [0.717, 1.165) is 11.8 Å². The van der Waals surface area contributed by atoms with Gasteiger partial charge in [-0.25, -0.2) is 0 Å². The second kappa shape index (κ2) is 15.7. The zero-order valence-electron chi connectivity index (χ0n) is 21.1. The van der Waals surface area contributed by atoms with Crippen molar-refractivity contribution < 1.29 is 0 Å². The first-order valence-corrected chi connectivity index (χ1v) is 14.3. The molecule has 0 aromatic carbocycles. The summed E-state index contributed by atoms with van der Waals surface area (Å²) in [5.41, 5.74) is 0.343. The van der Waals surface area contributed by atoms with Gasteiger partial charge in [0.15, 0.2) is 0 Å². The van der Waals surface area contributed by atoms with E-state index in [4.69, 9.17) is 0 Å². The number of nitrogens with one attached hydrogen (secondary N) is 2. The van der Waals surface area contributed by atoms with Gasteiger partial charge < -0.3 is 10.6 Å². The van der Waals surface area contributed by atoms with Gasteiger partial charge in [-0.05, 0) is 69.9 Å². The van der Waals surface area contributed by atoms with Gasteiger partial charge in [-0.3, -0.25) is 0 Å². The van der Waals surface area contributed by atoms with Gasteiger partial charge in [0.2, 0.25) is 0 Å². The van der Waals surface area contributed by atoms with Crippen LogP contribution in [-0.2, 0) is 0 Å². The Bertz CT molecular complexity index is 377. The molecule has 30 heavy (non-hydrogen) atoms. The van der Waals surface area contributed by atoms with E-state index in [1.807, 2.05) is 0 Å². The first kappa shape index (κ1) is 26.2. The van der Waals surface area contributed by atoms with Crippen molar-refractivity contribution in [3.05, 3.63) is 0 Å². The molecule has 0 radical (unpaired) electrons. The average molecular weight is 421 g/mol. The Labute approximate surface area is 190 Å². The van der Waals surface area contributed by atoms with E-state index < -0.39 is 0 Å². The van der Waals surface area contributed by atoms with Crippen LogP contribution in [0.15, 0.2) is 0 Å². The largest absolute Gasteiger partial charge is 0.312 e. The summed E-state index contributed by atoms with van der Waals surface area (Å²) in [6.07, 6.45) is 27.1. The van der Waals surface area contributed by atoms with Gasteiger partial charge in [-0.15, -0.1) is 0 Å². The predicted octanol–water partition coefficient (Wildman–Crippen LogP) is 8.00. The lowest BCUT2D eigenvalue weighted by molar-refractivity contribution is 0.0289. The molecule has 2 rings (SSSR count). The molecule has 0 amide bonds. The number of hydrogen-bond acceptors (Lipinski definition) is 2. The van der Waals surface area contributed by atoms with E-state index in [2.05, 4.69) is 31.4 Å². The van der Waals surface area contributed by atoms with Gasteiger partial charge >= 0.3 is 0 Å². The smallest absolute Gasteiger partial charge is 0.0392 e. The molecule has 2 heteroatoms. The average Bonchev–Trinajstić information content (AvgIpc) is 2.80. The van der Waals surface area contributed by atoms with Crippen LogP contribution in [0.1, 0.15) is 143 Å². The highest BCUT2D eigenvalue weighted by Crippen LogP contribution is 2.46. The summed E-state index contributed by atoms with van der Waals surface area (Å²) in [5.74, 6) is 1.77. The standard InChI is InChI=1S/C28H56N2/c1-4-7-8-9-10-17-22-27(29-23-5-2)28(30-24-6-3,25-18-13-11-14-19-25)26-20-15-12-16-21-26/h25-27,29-30H,4-24H2,1-3H3. The fraction of sp³-hybridized carbons (Fsp3) is 1.00. The third kappa shape index (κ3) is 7.80. The minimum atomic E-state index is 0.343. The van der Waals surface area contributed by atoms with E-state index >= 15 is 0 Å². The summed E-state index contributed by atoms with van der Waals surface area (Å²) >= 11 is 0. The van der Waals surface area contributed by atoms with E-state index in [9.17, 15) is 0 Å². The third-order valence-corrected chi connectivity index (χ3v) is 8.31. The molecule has 2 aliphatic carbocycles. The van der Waals surface area contributed by atoms with Gasteiger partial charge in [0.1, 0.15) is 0 Å². The minimum absolute atomic E-state index is 0.343. The zero-order chi connectivity index (χ0) is 21.5. The highest BCUT2D eigenvalue weighted by molar-refractivity contribution is 5.08. The van der Waals surface area contributed by atoms with Gasteiger partial charge in [0.05, 0.1) is 0 Å². The number of unbranched alkanes of at least 4 members (excludes halogenated alkanes) is 5. The van der Waals surface area contributed by atoms with Crippen LogP contribution in [0, 0.1) is 11.8 Å². The first-order chi connectivity index (χ1) is 14.8. The van der Waals surface area contributed by atoms with Crippen LogP contribution in [0.4, 0.5) is 0 Å². The van der Waals surface area contributed by atoms with E-state index in [1.54, 1.807) is 0 Å². The van der Waals surface area contributed by atoms with Crippen molar-refractivity contribution in [2.24, 2.45) is 11.8 Å². The molecule has 0 aliphatic heterocycles. The van der Waals surface area contributed by atoms with Crippen LogP contribution >= 0.6 is 0 Å². The molecule has 2 aliphatic rings. The van der Waals surface area contributed by atoms with Crippen molar-refractivity contribution in [2.75, 3.05) is 13.1 Å². The maximum Gasteiger partial charge on any atom is 0.0392 e. The molecule has 0 heterocycles. The summed E-state index contributed by atoms with van der Waals surface area (Å²) in [6, 6.07) is 0.668. The molecule has 2 nitrogen and oxygen atoms in total. The van der Waals surface area contributed by atoms with E-state index in [0.29, 0.717) is 11.6 Å². The van der Waals surface area contributed by atoms with Crippen molar-refractivity contribution >= 4 is 0 Å². The zero-order valence-corrected chi connectivity index (χ0v) is 21.1. The van der Waals surface area contributed by atoms with Gasteiger partial charge in [0.25, 0.3) is 0 Å². The Morgan fingerprint density at radius 3 is 1.70 bits per heavy atom. The highest BCUT2D eigenvalue weighted by Gasteiger charge is 2.49. The Balaban J connectivity index is 2.21. The van der Waals surface area contributed by atoms with Crippen LogP contribution in [0.3, 0.4) is 0 Å². The Morgan fingerprint density at radius 1 is 0.633 bits per heavy atom. The Hall–Kier alpha value is -0.0800. The molecular weight excluding hydrogens is 364 g/mol. The normalized spacial score (nSPS) is 20.5. The summed E-state index contributed by atoms with van der Waals surface area (Å²) < 4.78 is 0. The van der Waals surface area contributed by atoms with Crippen LogP contribution in [0.25, 0.3) is 0 Å². The van der Waals surface area contributed by atoms with Crippen LogP contribution < -0.4 is 10.6 Å². The SMILES string of the molecule is CCCCCCCCC(NCCC)C(NCCC)(C1CCCCC1)C1CCCCC1. The first-order valence-electron chi connectivity index (χ1n) is 14.3. The predicted molar refractivity (Wildman–Crippen MR) is 134 cm³/mol. The molecular formula is C28H56N2. The lowest BCUT2D eigenvalue weighted by Crippen LogP contribution is -2.68. The third-order valence-electron chi connectivity index (χ3n) is 8.31. The molecule has 1 unspecified atom stereocenters. The molecule has 2 fully saturated rings. The highest BCUT2D eigenvalue weighted by atomic mass is 15.1. The van der Waals surface area contributed by atoms with Crippen molar-refractivity contribution in [3.63, 3.8) is 0 Å². The summed E-state index contributed by atoms with van der Waals surface area (Å²) in [7, 11) is 0. The molecule has 2 N–H and O–H groups in total. The molecule has 0 aromatic heterocycles. The molecule has 0 aromatic rings. The maximum atomic E-state index is 4.33. The molecule has 1 atom stereocenters. The molecule has 0 spiro atoms. The Kier molecular flexibility index (Phi) is 13.7. The Morgan fingerprint density at radius 2 is 1.17 bits per heavy atom. The summed E-state index contributed by atoms with van der Waals surface area (Å²) in [5, 5.41) is 8.48. The van der Waals surface area contributed by atoms with Crippen LogP contribution in [-0.4, -0.2) is 24.7 Å². The fourth-order valence-corrected chi connectivity index (χ4v) is 6.77. The van der Waals surface area contributed by atoms with E-state index in [-0.39, 0.29) is 0 Å². The second-order valence-electron chi connectivity index (χ2n) is 10.6. The maximum absolute atomic E-state index is 4.33. The summed E-state index contributed by atoms with van der Waals surface area (Å²) in [4.78, 5) is 0. The number of rotatable bonds is 16. The minimum Gasteiger partial charge on any atom is -0.312 e. The van der Waals surface area contributed by atoms with Gasteiger partial charge in [-0.2, -0.15) is 0 Å². The molecule has 2 saturated carbocycles. The fourth-order valence-electron chi connectivity index (χ4n) is 6.77. The molecule has 0 bridgehead atoms. The lowest BCUT2D eigenvalue weighted by atomic mass is 9.60. The van der Waals surface area contributed by atoms with Crippen molar-refractivity contribution in [1.82, 2.24) is 10.6 Å². The van der Waals surface area contributed by atoms with Gasteiger partial charge in [0, 0.05) is 11.6 Å². The van der Waals surface area contributed by atoms with Crippen molar-refractivity contribution in [2.45, 2.75) is 154 Å². The number of hydrogen-bond donors (Lipinski definition) is 2. The molecule has 178 valence electrons. The topological polar surface area (TPSA) is 24.1 Å². The van der Waals surface area contributed by atoms with Crippen molar-refractivity contribution in [1.29, 1.82) is 0 Å². The summed E-state index contributed by atoms with van der Waals surface area (Å²) in [6.45, 7) is 9.43. The van der Waals surface area contributed by atoms with Gasteiger partial charge in [-0.1, -0.05) is 97.8 Å². The van der Waals surface area contributed by atoms with E-state index in [1.165, 1.54) is 135 Å². The van der Waals surface area contributed by atoms with Crippen LogP contribution in [0.5, 0.6) is 0 Å².